The lowest BCUT2D eigenvalue weighted by molar-refractivity contribution is 0.0442. The number of aromatic carboxylic acids is 1. The normalized spacial score (nSPS) is 13.7. The van der Waals surface area contributed by atoms with Crippen LogP contribution in [0.3, 0.4) is 0 Å². The average molecular weight is 1150 g/mol. The van der Waals surface area contributed by atoms with Gasteiger partial charge in [0.15, 0.2) is 5.78 Å². The molecular formula is C47H36AlBr4Cl3O6. The lowest BCUT2D eigenvalue weighted by Crippen LogP contribution is -2.16. The number of ketones is 1. The van der Waals surface area contributed by atoms with Crippen molar-refractivity contribution in [1.29, 1.82) is 0 Å². The highest BCUT2D eigenvalue weighted by molar-refractivity contribution is 9.11. The summed E-state index contributed by atoms with van der Waals surface area (Å²) in [5, 5.41) is 9.49. The largest absolute Gasteiger partial charge is 0.643 e. The van der Waals surface area contributed by atoms with Gasteiger partial charge in [0.05, 0.1) is 16.7 Å². The van der Waals surface area contributed by atoms with E-state index in [1.165, 1.54) is 33.9 Å². The number of ether oxygens (including phenoxy) is 1. The summed E-state index contributed by atoms with van der Waals surface area (Å²) in [6.45, 7) is 8.87. The third kappa shape index (κ3) is 10.3. The Morgan fingerprint density at radius 2 is 0.934 bits per heavy atom. The molecule has 0 amide bonds. The van der Waals surface area contributed by atoms with Gasteiger partial charge in [-0.25, -0.2) is 44.5 Å². The van der Waals surface area contributed by atoms with Gasteiger partial charge < -0.3 is 9.84 Å². The monoisotopic (exact) mass is 1140 g/mol. The van der Waals surface area contributed by atoms with E-state index < -0.39 is 29.3 Å². The number of carboxylic acid groups (broad SMARTS) is 1. The Hall–Kier alpha value is -3.08. The summed E-state index contributed by atoms with van der Waals surface area (Å²) < 4.78 is 7.95. The second-order valence-corrected chi connectivity index (χ2v) is 25.0. The van der Waals surface area contributed by atoms with Crippen molar-refractivity contribution < 1.29 is 29.0 Å². The fourth-order valence-corrected chi connectivity index (χ4v) is 9.08. The van der Waals surface area contributed by atoms with Gasteiger partial charge in [-0.05, 0) is 111 Å². The number of halogens is 7. The van der Waals surface area contributed by atoms with Crippen LogP contribution >= 0.6 is 93.9 Å². The maximum Gasteiger partial charge on any atom is 0.643 e. The van der Waals surface area contributed by atoms with E-state index in [9.17, 15) is 24.3 Å². The smallest absolute Gasteiger partial charge is 0.478 e. The third-order valence-electron chi connectivity index (χ3n) is 10.5. The first kappa shape index (κ1) is 48.9. The first-order chi connectivity index (χ1) is 28.2. The van der Waals surface area contributed by atoms with Gasteiger partial charge in [0.25, 0.3) is 0 Å². The van der Waals surface area contributed by atoms with E-state index in [-0.39, 0.29) is 35.2 Å². The van der Waals surface area contributed by atoms with Gasteiger partial charge in [0, 0.05) is 39.8 Å². The molecule has 0 bridgehead atoms. The summed E-state index contributed by atoms with van der Waals surface area (Å²) in [4.78, 5) is 46.6. The van der Waals surface area contributed by atoms with E-state index in [2.05, 4.69) is 151 Å². The van der Waals surface area contributed by atoms with E-state index in [4.69, 9.17) is 30.1 Å². The second kappa shape index (κ2) is 19.8. The molecule has 3 aliphatic rings. The topological polar surface area (TPSA) is 97.7 Å². The maximum absolute atomic E-state index is 13.1. The first-order valence-electron chi connectivity index (χ1n) is 18.1. The number of fused-ring (bicyclic) bond motifs is 7. The lowest BCUT2D eigenvalue weighted by Gasteiger charge is -2.22. The summed E-state index contributed by atoms with van der Waals surface area (Å²) in [5.74, 6) is -2.55. The molecule has 0 unspecified atom stereocenters. The predicted molar refractivity (Wildman–Crippen MR) is 262 cm³/mol. The van der Waals surface area contributed by atoms with Crippen molar-refractivity contribution >= 4 is 129 Å². The fourth-order valence-electron chi connectivity index (χ4n) is 7.63. The zero-order chi connectivity index (χ0) is 43.8. The molecule has 1 N–H and O–H groups in total. The van der Waals surface area contributed by atoms with E-state index in [1.54, 1.807) is 36.4 Å². The van der Waals surface area contributed by atoms with Crippen LogP contribution in [0, 0.1) is 0 Å². The highest BCUT2D eigenvalue weighted by Crippen LogP contribution is 2.50. The number of carbonyl (C=O) groups is 4. The molecule has 6 aromatic rings. The van der Waals surface area contributed by atoms with Gasteiger partial charge in [0.2, 0.25) is 0 Å². The van der Waals surface area contributed by atoms with Crippen LogP contribution in [-0.2, 0) is 15.6 Å². The molecule has 312 valence electrons. The number of carboxylic acids is 1. The summed E-state index contributed by atoms with van der Waals surface area (Å²) in [6, 6.07) is 36.7. The van der Waals surface area contributed by atoms with Crippen LogP contribution < -0.4 is 0 Å². The Labute approximate surface area is 405 Å². The van der Waals surface area contributed by atoms with Crippen molar-refractivity contribution in [2.45, 2.75) is 46.0 Å². The Balaban J connectivity index is 0.000000180. The van der Waals surface area contributed by atoms with Crippen LogP contribution in [0.25, 0.3) is 22.3 Å². The molecule has 1 aliphatic heterocycles. The summed E-state index contributed by atoms with van der Waals surface area (Å²) in [7, 11) is 14.8. The molecule has 1 heterocycles. The molecule has 14 heteroatoms. The fraction of sp³-hybridized carbons (Fsp3) is 0.149. The molecular weight excluding hydrogens is 1110 g/mol. The highest BCUT2D eigenvalue weighted by Gasteiger charge is 2.37. The number of rotatable bonds is 3. The third-order valence-corrected chi connectivity index (χ3v) is 12.5. The molecule has 61 heavy (non-hydrogen) atoms. The lowest BCUT2D eigenvalue weighted by atomic mass is 9.81. The minimum atomic E-state index is -1.72. The van der Waals surface area contributed by atoms with Gasteiger partial charge in [-0.1, -0.05) is 147 Å². The van der Waals surface area contributed by atoms with Crippen molar-refractivity contribution in [1.82, 2.24) is 0 Å². The van der Waals surface area contributed by atoms with Crippen molar-refractivity contribution in [2.75, 3.05) is 0 Å². The number of carbonyl (C=O) groups excluding carboxylic acids is 3. The maximum atomic E-state index is 13.1. The van der Waals surface area contributed by atoms with Crippen molar-refractivity contribution in [3.05, 3.63) is 183 Å². The summed E-state index contributed by atoms with van der Waals surface area (Å²) in [6.07, 6.45) is 0. The van der Waals surface area contributed by atoms with Gasteiger partial charge >= 0.3 is 29.3 Å². The molecule has 0 spiro atoms. The second-order valence-electron chi connectivity index (χ2n) is 14.9. The quantitative estimate of drug-likeness (QED) is 0.0821. The van der Waals surface area contributed by atoms with E-state index in [0.29, 0.717) is 21.2 Å². The Morgan fingerprint density at radius 3 is 1.49 bits per heavy atom. The molecule has 0 radical (unpaired) electrons. The SMILES string of the molecule is C.CC1(C)c2cc(Br)ccc2-c2ccc(C(=O)c3ccc(Br)cc3C(=O)O)cc21.CC1(C)c2ccccc2-c2ccc(Br)cc21.O=C1OC(=O)c2cc(Br)ccc21.[Cl][Al]([Cl])[Cl]. The van der Waals surface area contributed by atoms with Crippen LogP contribution in [0.2, 0.25) is 0 Å². The minimum Gasteiger partial charge on any atom is -0.478 e. The molecule has 6 nitrogen and oxygen atoms in total. The van der Waals surface area contributed by atoms with Crippen LogP contribution in [0.1, 0.15) is 104 Å². The number of hydrogen-bond acceptors (Lipinski definition) is 5. The molecule has 2 aliphatic carbocycles. The van der Waals surface area contributed by atoms with Gasteiger partial charge in [-0.3, -0.25) is 4.79 Å². The molecule has 0 aromatic heterocycles. The molecule has 0 atom stereocenters. The minimum absolute atomic E-state index is 0. The van der Waals surface area contributed by atoms with Crippen LogP contribution in [0.5, 0.6) is 0 Å². The molecule has 0 fully saturated rings. The molecule has 6 aromatic carbocycles. The van der Waals surface area contributed by atoms with Gasteiger partial charge in [-0.15, -0.1) is 0 Å². The van der Waals surface area contributed by atoms with Crippen LogP contribution in [-0.4, -0.2) is 40.2 Å². The summed E-state index contributed by atoms with van der Waals surface area (Å²) >= 11 is 11.8. The van der Waals surface area contributed by atoms with Crippen molar-refractivity contribution in [3.63, 3.8) is 0 Å². The number of esters is 2. The highest BCUT2D eigenvalue weighted by atomic mass is 79.9. The molecule has 9 rings (SSSR count). The number of cyclic esters (lactones) is 2. The Morgan fingerprint density at radius 1 is 0.525 bits per heavy atom. The van der Waals surface area contributed by atoms with Crippen molar-refractivity contribution in [3.8, 4) is 22.3 Å². The Bertz CT molecular complexity index is 2730. The van der Waals surface area contributed by atoms with Gasteiger partial charge in [-0.2, -0.15) is 0 Å². The number of hydrogen-bond donors (Lipinski definition) is 1. The average Bonchev–Trinajstić information content (AvgIpc) is 3.70. The molecule has 0 saturated heterocycles. The summed E-state index contributed by atoms with van der Waals surface area (Å²) in [5.41, 5.74) is 11.4. The van der Waals surface area contributed by atoms with Gasteiger partial charge in [0.1, 0.15) is 0 Å². The zero-order valence-corrected chi connectivity index (χ0v) is 41.9. The standard InChI is InChI=1S/C23H16Br2O3.C15H13Br.C8H3BrO3.CH4.Al.3ClH/c1-23(2)19-9-12(3-6-15(19)16-7-4-14(25)11-20(16)23)21(26)17-8-5-13(24)10-18(17)22(27)28;1-15(2)13-6-4-3-5-11(13)12-8-7-10(16)9-14(12)15;9-4-1-2-5-6(3-4)8(11)12-7(5)10;;;;;/h3-11H,1-2H3,(H,27,28);3-9H,1-2H3;1-3H;1H4;;3*1H/q;;;;+3;;;/p-3. The number of benzene rings is 6. The zero-order valence-electron chi connectivity index (χ0n) is 32.2. The van der Waals surface area contributed by atoms with Crippen LogP contribution in [0.15, 0.2) is 133 Å². The van der Waals surface area contributed by atoms with E-state index in [0.717, 1.165) is 30.1 Å². The van der Waals surface area contributed by atoms with E-state index >= 15 is 0 Å². The molecule has 0 saturated carbocycles. The van der Waals surface area contributed by atoms with E-state index in [1.807, 2.05) is 18.2 Å². The van der Waals surface area contributed by atoms with Crippen molar-refractivity contribution in [2.24, 2.45) is 0 Å². The predicted octanol–water partition coefficient (Wildman–Crippen LogP) is 15.3. The van der Waals surface area contributed by atoms with Crippen LogP contribution in [0.4, 0.5) is 0 Å². The first-order valence-corrected chi connectivity index (χ1v) is 26.5. The Kier molecular flexibility index (Phi) is 15.9.